The highest BCUT2D eigenvalue weighted by atomic mass is 79.9. The SMILES string of the molecule is CNC(COCC(F)(F)F)Cc1ccc(Br)cc1F. The molecule has 1 atom stereocenters. The lowest BCUT2D eigenvalue weighted by molar-refractivity contribution is -0.175. The van der Waals surface area contributed by atoms with Crippen molar-refractivity contribution in [2.75, 3.05) is 20.3 Å². The summed E-state index contributed by atoms with van der Waals surface area (Å²) in [6.45, 7) is -1.43. The molecule has 0 aromatic heterocycles. The van der Waals surface area contributed by atoms with Crippen LogP contribution in [-0.4, -0.2) is 32.5 Å². The van der Waals surface area contributed by atoms with Gasteiger partial charge in [-0.05, 0) is 31.2 Å². The fourth-order valence-corrected chi connectivity index (χ4v) is 1.85. The highest BCUT2D eigenvalue weighted by Gasteiger charge is 2.27. The Morgan fingerprint density at radius 2 is 2.05 bits per heavy atom. The number of halogens is 5. The minimum atomic E-state index is -4.35. The summed E-state index contributed by atoms with van der Waals surface area (Å²) in [5.74, 6) is -0.398. The molecule has 1 aromatic rings. The van der Waals surface area contributed by atoms with E-state index >= 15 is 0 Å². The molecule has 0 amide bonds. The third-order valence-corrected chi connectivity index (χ3v) is 2.97. The zero-order chi connectivity index (χ0) is 14.5. The molecule has 19 heavy (non-hydrogen) atoms. The van der Waals surface area contributed by atoms with E-state index < -0.39 is 18.6 Å². The largest absolute Gasteiger partial charge is 0.411 e. The van der Waals surface area contributed by atoms with E-state index in [4.69, 9.17) is 0 Å². The predicted octanol–water partition coefficient (Wildman–Crippen LogP) is 3.30. The van der Waals surface area contributed by atoms with E-state index in [1.807, 2.05) is 0 Å². The molecule has 0 aliphatic carbocycles. The maximum Gasteiger partial charge on any atom is 0.411 e. The van der Waals surface area contributed by atoms with Crippen molar-refractivity contribution >= 4 is 15.9 Å². The highest BCUT2D eigenvalue weighted by molar-refractivity contribution is 9.10. The fraction of sp³-hybridized carbons (Fsp3) is 0.500. The Hall–Kier alpha value is -0.660. The number of benzene rings is 1. The molecule has 0 radical (unpaired) electrons. The number of likely N-dealkylation sites (N-methyl/N-ethyl adjacent to an activating group) is 1. The first-order chi connectivity index (χ1) is 8.81. The quantitative estimate of drug-likeness (QED) is 0.800. The lowest BCUT2D eigenvalue weighted by Crippen LogP contribution is -2.34. The summed E-state index contributed by atoms with van der Waals surface area (Å²) in [5.41, 5.74) is 0.429. The molecule has 0 bridgehead atoms. The monoisotopic (exact) mass is 343 g/mol. The molecule has 0 saturated heterocycles. The third-order valence-electron chi connectivity index (χ3n) is 2.47. The summed E-state index contributed by atoms with van der Waals surface area (Å²) in [6, 6.07) is 4.21. The van der Waals surface area contributed by atoms with Gasteiger partial charge in [-0.1, -0.05) is 22.0 Å². The number of rotatable bonds is 6. The normalized spacial score (nSPS) is 13.6. The van der Waals surface area contributed by atoms with Gasteiger partial charge in [-0.15, -0.1) is 0 Å². The standard InChI is InChI=1S/C12H14BrF4NO/c1-18-10(6-19-7-12(15,16)17)4-8-2-3-9(13)5-11(8)14/h2-3,5,10,18H,4,6-7H2,1H3. The van der Waals surface area contributed by atoms with Gasteiger partial charge in [0, 0.05) is 10.5 Å². The van der Waals surface area contributed by atoms with Crippen molar-refractivity contribution < 1.29 is 22.3 Å². The highest BCUT2D eigenvalue weighted by Crippen LogP contribution is 2.17. The van der Waals surface area contributed by atoms with Gasteiger partial charge in [0.2, 0.25) is 0 Å². The van der Waals surface area contributed by atoms with Crippen LogP contribution in [0.1, 0.15) is 5.56 Å². The van der Waals surface area contributed by atoms with Gasteiger partial charge in [-0.3, -0.25) is 0 Å². The lowest BCUT2D eigenvalue weighted by atomic mass is 10.1. The maximum atomic E-state index is 13.6. The van der Waals surface area contributed by atoms with E-state index in [1.54, 1.807) is 19.2 Å². The second-order valence-corrected chi connectivity index (χ2v) is 4.97. The Morgan fingerprint density at radius 1 is 1.37 bits per heavy atom. The van der Waals surface area contributed by atoms with E-state index in [2.05, 4.69) is 26.0 Å². The van der Waals surface area contributed by atoms with Crippen molar-refractivity contribution in [1.29, 1.82) is 0 Å². The zero-order valence-electron chi connectivity index (χ0n) is 10.2. The predicted molar refractivity (Wildman–Crippen MR) is 67.5 cm³/mol. The molecule has 1 unspecified atom stereocenters. The van der Waals surface area contributed by atoms with Crippen LogP contribution in [0.5, 0.6) is 0 Å². The average molecular weight is 344 g/mol. The third kappa shape index (κ3) is 6.35. The first-order valence-electron chi connectivity index (χ1n) is 5.57. The van der Waals surface area contributed by atoms with Crippen LogP contribution in [0.3, 0.4) is 0 Å². The number of ether oxygens (including phenoxy) is 1. The molecule has 1 N–H and O–H groups in total. The van der Waals surface area contributed by atoms with E-state index in [0.717, 1.165) is 0 Å². The molecule has 7 heteroatoms. The minimum absolute atomic E-state index is 0.133. The summed E-state index contributed by atoms with van der Waals surface area (Å²) in [4.78, 5) is 0. The molecule has 0 fully saturated rings. The Balaban J connectivity index is 2.52. The first kappa shape index (κ1) is 16.4. The number of alkyl halides is 3. The van der Waals surface area contributed by atoms with Crippen LogP contribution in [-0.2, 0) is 11.2 Å². The summed E-state index contributed by atoms with van der Waals surface area (Å²) < 4.78 is 54.6. The smallest absolute Gasteiger partial charge is 0.370 e. The van der Waals surface area contributed by atoms with Crippen LogP contribution in [0.15, 0.2) is 22.7 Å². The summed E-state index contributed by atoms with van der Waals surface area (Å²) >= 11 is 3.14. The van der Waals surface area contributed by atoms with Crippen LogP contribution in [0.2, 0.25) is 0 Å². The molecule has 1 aromatic carbocycles. The van der Waals surface area contributed by atoms with Crippen molar-refractivity contribution in [1.82, 2.24) is 5.32 Å². The Bertz CT molecular complexity index is 411. The van der Waals surface area contributed by atoms with Gasteiger partial charge in [0.25, 0.3) is 0 Å². The molecule has 108 valence electrons. The van der Waals surface area contributed by atoms with Crippen LogP contribution < -0.4 is 5.32 Å². The first-order valence-corrected chi connectivity index (χ1v) is 6.37. The van der Waals surface area contributed by atoms with E-state index in [9.17, 15) is 17.6 Å². The van der Waals surface area contributed by atoms with Crippen molar-refractivity contribution in [2.24, 2.45) is 0 Å². The Morgan fingerprint density at radius 3 is 2.58 bits per heavy atom. The number of nitrogens with one attached hydrogen (secondary N) is 1. The lowest BCUT2D eigenvalue weighted by Gasteiger charge is -2.17. The Labute approximate surface area is 117 Å². The molecule has 0 aliphatic rings. The molecule has 1 rings (SSSR count). The maximum absolute atomic E-state index is 13.6. The van der Waals surface area contributed by atoms with Gasteiger partial charge in [0.15, 0.2) is 0 Å². The average Bonchev–Trinajstić information content (AvgIpc) is 2.29. The second kappa shape index (κ2) is 7.21. The van der Waals surface area contributed by atoms with Gasteiger partial charge in [0.05, 0.1) is 6.61 Å². The molecule has 0 aliphatic heterocycles. The minimum Gasteiger partial charge on any atom is -0.370 e. The molecule has 0 saturated carbocycles. The molecule has 0 spiro atoms. The summed E-state index contributed by atoms with van der Waals surface area (Å²) in [5, 5.41) is 2.81. The zero-order valence-corrected chi connectivity index (χ0v) is 11.8. The van der Waals surface area contributed by atoms with Gasteiger partial charge >= 0.3 is 6.18 Å². The Kier molecular flexibility index (Phi) is 6.22. The van der Waals surface area contributed by atoms with E-state index in [1.165, 1.54) is 6.07 Å². The number of hydrogen-bond donors (Lipinski definition) is 1. The van der Waals surface area contributed by atoms with Crippen molar-refractivity contribution in [2.45, 2.75) is 18.6 Å². The summed E-state index contributed by atoms with van der Waals surface area (Å²) in [6.07, 6.45) is -4.09. The van der Waals surface area contributed by atoms with Crippen LogP contribution in [0.25, 0.3) is 0 Å². The fourth-order valence-electron chi connectivity index (χ4n) is 1.51. The van der Waals surface area contributed by atoms with Gasteiger partial charge in [-0.25, -0.2) is 4.39 Å². The topological polar surface area (TPSA) is 21.3 Å². The molecular weight excluding hydrogens is 330 g/mol. The van der Waals surface area contributed by atoms with E-state index in [-0.39, 0.29) is 19.1 Å². The molecular formula is C12H14BrF4NO. The van der Waals surface area contributed by atoms with Crippen LogP contribution in [0, 0.1) is 5.82 Å². The van der Waals surface area contributed by atoms with Crippen LogP contribution in [0.4, 0.5) is 17.6 Å². The van der Waals surface area contributed by atoms with Crippen molar-refractivity contribution in [3.8, 4) is 0 Å². The number of hydrogen-bond acceptors (Lipinski definition) is 2. The van der Waals surface area contributed by atoms with Gasteiger partial charge in [-0.2, -0.15) is 13.2 Å². The summed E-state index contributed by atoms with van der Waals surface area (Å²) in [7, 11) is 1.60. The van der Waals surface area contributed by atoms with E-state index in [0.29, 0.717) is 10.0 Å². The molecule has 0 heterocycles. The second-order valence-electron chi connectivity index (χ2n) is 4.06. The van der Waals surface area contributed by atoms with Crippen molar-refractivity contribution in [3.63, 3.8) is 0 Å². The van der Waals surface area contributed by atoms with Crippen LogP contribution >= 0.6 is 15.9 Å². The van der Waals surface area contributed by atoms with Gasteiger partial charge in [0.1, 0.15) is 12.4 Å². The van der Waals surface area contributed by atoms with Gasteiger partial charge < -0.3 is 10.1 Å². The van der Waals surface area contributed by atoms with Crippen molar-refractivity contribution in [3.05, 3.63) is 34.1 Å². The molecule has 2 nitrogen and oxygen atoms in total.